The predicted molar refractivity (Wildman–Crippen MR) is 126 cm³/mol. The van der Waals surface area contributed by atoms with Gasteiger partial charge < -0.3 is 5.32 Å². The number of thiocarbonyl (C=S) groups is 1. The molecule has 0 saturated carbocycles. The highest BCUT2D eigenvalue weighted by Crippen LogP contribution is 2.32. The van der Waals surface area contributed by atoms with Crippen molar-refractivity contribution in [3.05, 3.63) is 88.9 Å². The normalized spacial score (nSPS) is 12.9. The number of nitrogens with zero attached hydrogens (tertiary/aromatic N) is 1. The lowest BCUT2D eigenvalue weighted by Crippen LogP contribution is -2.34. The fourth-order valence-corrected chi connectivity index (χ4v) is 5.17. The SMILES string of the molecule is O=C(NC(=S)Nc1ccc(S(=O)(=O)N2CCc3ccccc32)cc1)c1ccc(Cl)cc1. The molecule has 1 aliphatic rings. The minimum absolute atomic E-state index is 0.101. The van der Waals surface area contributed by atoms with Gasteiger partial charge in [0.2, 0.25) is 0 Å². The molecule has 4 rings (SSSR count). The quantitative estimate of drug-likeness (QED) is 0.557. The third-order valence-electron chi connectivity index (χ3n) is 4.88. The number of hydrogen-bond acceptors (Lipinski definition) is 4. The van der Waals surface area contributed by atoms with E-state index in [-0.39, 0.29) is 15.9 Å². The number of anilines is 2. The number of rotatable bonds is 4. The van der Waals surface area contributed by atoms with Crippen molar-refractivity contribution < 1.29 is 13.2 Å². The maximum Gasteiger partial charge on any atom is 0.264 e. The van der Waals surface area contributed by atoms with E-state index in [2.05, 4.69) is 10.6 Å². The lowest BCUT2D eigenvalue weighted by Gasteiger charge is -2.19. The summed E-state index contributed by atoms with van der Waals surface area (Å²) < 4.78 is 27.6. The van der Waals surface area contributed by atoms with E-state index in [1.54, 1.807) is 36.4 Å². The van der Waals surface area contributed by atoms with Crippen LogP contribution in [-0.2, 0) is 16.4 Å². The number of carbonyl (C=O) groups is 1. The lowest BCUT2D eigenvalue weighted by atomic mass is 10.2. The Morgan fingerprint density at radius 3 is 2.35 bits per heavy atom. The smallest absolute Gasteiger partial charge is 0.264 e. The molecule has 9 heteroatoms. The van der Waals surface area contributed by atoms with Crippen LogP contribution in [0.4, 0.5) is 11.4 Å². The van der Waals surface area contributed by atoms with E-state index in [0.29, 0.717) is 29.2 Å². The van der Waals surface area contributed by atoms with Gasteiger partial charge in [0.15, 0.2) is 5.11 Å². The number of amides is 1. The molecule has 0 atom stereocenters. The Morgan fingerprint density at radius 2 is 1.65 bits per heavy atom. The first-order valence-corrected chi connectivity index (χ1v) is 11.7. The molecule has 3 aromatic rings. The van der Waals surface area contributed by atoms with E-state index in [1.165, 1.54) is 16.4 Å². The lowest BCUT2D eigenvalue weighted by molar-refractivity contribution is 0.0977. The minimum Gasteiger partial charge on any atom is -0.332 e. The van der Waals surface area contributed by atoms with Gasteiger partial charge >= 0.3 is 0 Å². The first-order valence-electron chi connectivity index (χ1n) is 9.43. The van der Waals surface area contributed by atoms with Crippen LogP contribution in [0.3, 0.4) is 0 Å². The number of sulfonamides is 1. The van der Waals surface area contributed by atoms with Crippen molar-refractivity contribution in [1.29, 1.82) is 0 Å². The average molecular weight is 472 g/mol. The van der Waals surface area contributed by atoms with E-state index < -0.39 is 10.0 Å². The van der Waals surface area contributed by atoms with Crippen LogP contribution < -0.4 is 14.9 Å². The third-order valence-corrected chi connectivity index (χ3v) is 7.16. The van der Waals surface area contributed by atoms with Gasteiger partial charge in [0.25, 0.3) is 15.9 Å². The van der Waals surface area contributed by atoms with Gasteiger partial charge in [0.1, 0.15) is 0 Å². The Hall–Kier alpha value is -2.94. The number of halogens is 1. The van der Waals surface area contributed by atoms with Gasteiger partial charge in [-0.25, -0.2) is 8.42 Å². The summed E-state index contributed by atoms with van der Waals surface area (Å²) in [5.41, 5.74) is 2.71. The van der Waals surface area contributed by atoms with E-state index in [4.69, 9.17) is 23.8 Å². The summed E-state index contributed by atoms with van der Waals surface area (Å²) in [6.45, 7) is 0.419. The number of fused-ring (bicyclic) bond motifs is 1. The summed E-state index contributed by atoms with van der Waals surface area (Å²) in [7, 11) is -3.66. The highest BCUT2D eigenvalue weighted by molar-refractivity contribution is 7.92. The molecule has 1 heterocycles. The third kappa shape index (κ3) is 4.56. The van der Waals surface area contributed by atoms with E-state index in [1.807, 2.05) is 24.3 Å². The Balaban J connectivity index is 1.43. The fourth-order valence-electron chi connectivity index (χ4n) is 3.33. The Kier molecular flexibility index (Phi) is 5.95. The average Bonchev–Trinajstić information content (AvgIpc) is 3.19. The van der Waals surface area contributed by atoms with Crippen LogP contribution in [0.1, 0.15) is 15.9 Å². The van der Waals surface area contributed by atoms with Gasteiger partial charge in [0.05, 0.1) is 10.6 Å². The van der Waals surface area contributed by atoms with Crippen LogP contribution in [0.2, 0.25) is 5.02 Å². The molecule has 1 aliphatic heterocycles. The van der Waals surface area contributed by atoms with Crippen LogP contribution in [0.25, 0.3) is 0 Å². The van der Waals surface area contributed by atoms with Crippen molar-refractivity contribution in [2.45, 2.75) is 11.3 Å². The summed E-state index contributed by atoms with van der Waals surface area (Å²) in [5, 5.41) is 6.09. The van der Waals surface area contributed by atoms with E-state index >= 15 is 0 Å². The molecule has 0 unspecified atom stereocenters. The van der Waals surface area contributed by atoms with Crippen molar-refractivity contribution in [2.75, 3.05) is 16.2 Å². The molecule has 0 saturated heterocycles. The Morgan fingerprint density at radius 1 is 0.968 bits per heavy atom. The molecule has 0 fully saturated rings. The largest absolute Gasteiger partial charge is 0.332 e. The Labute approximate surface area is 190 Å². The van der Waals surface area contributed by atoms with Crippen LogP contribution in [0.5, 0.6) is 0 Å². The maximum atomic E-state index is 13.1. The molecule has 158 valence electrons. The summed E-state index contributed by atoms with van der Waals surface area (Å²) in [6.07, 6.45) is 0.691. The highest BCUT2D eigenvalue weighted by Gasteiger charge is 2.30. The molecule has 0 bridgehead atoms. The zero-order valence-corrected chi connectivity index (χ0v) is 18.6. The zero-order chi connectivity index (χ0) is 22.0. The number of carbonyl (C=O) groups excluding carboxylic acids is 1. The fraction of sp³-hybridized carbons (Fsp3) is 0.0909. The molecule has 2 N–H and O–H groups in total. The number of nitrogens with one attached hydrogen (secondary N) is 2. The first-order chi connectivity index (χ1) is 14.8. The number of hydrogen-bond donors (Lipinski definition) is 2. The van der Waals surface area contributed by atoms with Crippen molar-refractivity contribution in [3.63, 3.8) is 0 Å². The minimum atomic E-state index is -3.66. The summed E-state index contributed by atoms with van der Waals surface area (Å²) in [6, 6.07) is 20.2. The maximum absolute atomic E-state index is 13.1. The number of benzene rings is 3. The molecule has 6 nitrogen and oxygen atoms in total. The highest BCUT2D eigenvalue weighted by atomic mass is 35.5. The van der Waals surface area contributed by atoms with Crippen molar-refractivity contribution in [1.82, 2.24) is 5.32 Å². The van der Waals surface area contributed by atoms with Crippen LogP contribution in [0.15, 0.2) is 77.7 Å². The molecular formula is C22H18ClN3O3S2. The van der Waals surface area contributed by atoms with Gasteiger partial charge in [-0.3, -0.25) is 14.4 Å². The van der Waals surface area contributed by atoms with Crippen molar-refractivity contribution in [3.8, 4) is 0 Å². The molecule has 0 aliphatic carbocycles. The molecule has 3 aromatic carbocycles. The number of para-hydroxylation sites is 1. The predicted octanol–water partition coefficient (Wildman–Crippen LogP) is 4.22. The molecule has 0 spiro atoms. The summed E-state index contributed by atoms with van der Waals surface area (Å²) in [5.74, 6) is -0.374. The van der Waals surface area contributed by atoms with Crippen LogP contribution in [0, 0.1) is 0 Å². The Bertz CT molecular complexity index is 1240. The molecule has 0 aromatic heterocycles. The molecular weight excluding hydrogens is 454 g/mol. The van der Waals surface area contributed by atoms with Gasteiger partial charge in [0, 0.05) is 22.8 Å². The van der Waals surface area contributed by atoms with Crippen molar-refractivity contribution in [2.24, 2.45) is 0 Å². The summed E-state index contributed by atoms with van der Waals surface area (Å²) >= 11 is 11.0. The first kappa shape index (κ1) is 21.3. The van der Waals surface area contributed by atoms with Crippen LogP contribution >= 0.6 is 23.8 Å². The molecule has 31 heavy (non-hydrogen) atoms. The van der Waals surface area contributed by atoms with Gasteiger partial charge in [-0.2, -0.15) is 0 Å². The van der Waals surface area contributed by atoms with E-state index in [0.717, 1.165) is 11.3 Å². The van der Waals surface area contributed by atoms with Crippen LogP contribution in [-0.4, -0.2) is 26.0 Å². The second-order valence-electron chi connectivity index (χ2n) is 6.90. The second-order valence-corrected chi connectivity index (χ2v) is 9.60. The van der Waals surface area contributed by atoms with Crippen molar-refractivity contribution >= 4 is 56.2 Å². The van der Waals surface area contributed by atoms with Gasteiger partial charge in [-0.1, -0.05) is 29.8 Å². The summed E-state index contributed by atoms with van der Waals surface area (Å²) in [4.78, 5) is 12.4. The molecule has 1 amide bonds. The zero-order valence-electron chi connectivity index (χ0n) is 16.2. The second kappa shape index (κ2) is 8.66. The topological polar surface area (TPSA) is 78.5 Å². The monoisotopic (exact) mass is 471 g/mol. The van der Waals surface area contributed by atoms with E-state index in [9.17, 15) is 13.2 Å². The molecule has 0 radical (unpaired) electrons. The van der Waals surface area contributed by atoms with Gasteiger partial charge in [-0.15, -0.1) is 0 Å². The standard InChI is InChI=1S/C22H18ClN3O3S2/c23-17-7-5-16(6-8-17)21(27)25-22(30)24-18-9-11-19(12-10-18)31(28,29)26-14-13-15-3-1-2-4-20(15)26/h1-12H,13-14H2,(H2,24,25,27,30). The van der Waals surface area contributed by atoms with Gasteiger partial charge in [-0.05, 0) is 78.8 Å².